The first kappa shape index (κ1) is 16.0. The molecule has 0 spiro atoms. The molecular weight excluding hydrogens is 281 g/mol. The fourth-order valence-corrected chi connectivity index (χ4v) is 2.26. The van der Waals surface area contributed by atoms with E-state index >= 15 is 0 Å². The summed E-state index contributed by atoms with van der Waals surface area (Å²) in [5, 5.41) is 0. The van der Waals surface area contributed by atoms with E-state index in [1.54, 1.807) is 30.1 Å². The Morgan fingerprint density at radius 3 is 2.45 bits per heavy atom. The molecule has 4 heteroatoms. The van der Waals surface area contributed by atoms with E-state index in [1.807, 2.05) is 26.0 Å². The molecule has 0 bridgehead atoms. The van der Waals surface area contributed by atoms with Gasteiger partial charge in [-0.05, 0) is 55.3 Å². The largest absolute Gasteiger partial charge is 0.494 e. The lowest BCUT2D eigenvalue weighted by Crippen LogP contribution is -2.26. The van der Waals surface area contributed by atoms with Gasteiger partial charge in [-0.1, -0.05) is 12.1 Å². The average Bonchev–Trinajstić information content (AvgIpc) is 2.51. The van der Waals surface area contributed by atoms with E-state index in [4.69, 9.17) is 4.74 Å². The van der Waals surface area contributed by atoms with Gasteiger partial charge in [-0.25, -0.2) is 4.39 Å². The monoisotopic (exact) mass is 301 g/mol. The number of halogens is 1. The zero-order chi connectivity index (χ0) is 16.1. The summed E-state index contributed by atoms with van der Waals surface area (Å²) >= 11 is 0. The van der Waals surface area contributed by atoms with Crippen molar-refractivity contribution in [2.24, 2.45) is 0 Å². The Bertz CT molecular complexity index is 653. The number of aryl methyl sites for hydroxylation is 1. The molecule has 0 N–H and O–H groups in total. The van der Waals surface area contributed by atoms with E-state index in [0.717, 1.165) is 16.9 Å². The van der Waals surface area contributed by atoms with Gasteiger partial charge in [0.05, 0.1) is 6.61 Å². The van der Waals surface area contributed by atoms with Crippen LogP contribution in [0.1, 0.15) is 28.4 Å². The van der Waals surface area contributed by atoms with E-state index in [-0.39, 0.29) is 11.7 Å². The maximum absolute atomic E-state index is 12.9. The number of benzene rings is 2. The first-order valence-corrected chi connectivity index (χ1v) is 7.24. The maximum atomic E-state index is 12.9. The van der Waals surface area contributed by atoms with Crippen LogP contribution in [0, 0.1) is 12.7 Å². The number of hydrogen-bond acceptors (Lipinski definition) is 2. The van der Waals surface area contributed by atoms with Gasteiger partial charge >= 0.3 is 0 Å². The molecule has 0 saturated heterocycles. The Balaban J connectivity index is 2.10. The van der Waals surface area contributed by atoms with Crippen molar-refractivity contribution in [3.05, 3.63) is 65.0 Å². The fraction of sp³-hybridized carbons (Fsp3) is 0.278. The summed E-state index contributed by atoms with van der Waals surface area (Å²) in [6.07, 6.45) is 0. The van der Waals surface area contributed by atoms with Gasteiger partial charge < -0.3 is 9.64 Å². The standard InChI is InChI=1S/C18H20FNO2/c1-4-22-17-10-7-15(11-13(17)2)18(21)20(3)12-14-5-8-16(19)9-6-14/h5-11H,4,12H2,1-3H3. The van der Waals surface area contributed by atoms with E-state index < -0.39 is 0 Å². The summed E-state index contributed by atoms with van der Waals surface area (Å²) in [6.45, 7) is 4.88. The van der Waals surface area contributed by atoms with Crippen molar-refractivity contribution in [2.45, 2.75) is 20.4 Å². The highest BCUT2D eigenvalue weighted by molar-refractivity contribution is 5.94. The quantitative estimate of drug-likeness (QED) is 0.840. The van der Waals surface area contributed by atoms with Crippen molar-refractivity contribution >= 4 is 5.91 Å². The molecule has 0 atom stereocenters. The molecule has 0 aromatic heterocycles. The van der Waals surface area contributed by atoms with Crippen LogP contribution < -0.4 is 4.74 Å². The topological polar surface area (TPSA) is 29.5 Å². The smallest absolute Gasteiger partial charge is 0.253 e. The summed E-state index contributed by atoms with van der Waals surface area (Å²) in [7, 11) is 1.73. The third-order valence-corrected chi connectivity index (χ3v) is 3.40. The van der Waals surface area contributed by atoms with E-state index in [9.17, 15) is 9.18 Å². The van der Waals surface area contributed by atoms with Crippen LogP contribution in [-0.4, -0.2) is 24.5 Å². The predicted molar refractivity (Wildman–Crippen MR) is 84.5 cm³/mol. The minimum Gasteiger partial charge on any atom is -0.494 e. The normalized spacial score (nSPS) is 10.4. The number of carbonyl (C=O) groups is 1. The highest BCUT2D eigenvalue weighted by atomic mass is 19.1. The number of hydrogen-bond donors (Lipinski definition) is 0. The molecular formula is C18H20FNO2. The van der Waals surface area contributed by atoms with Crippen LogP contribution in [0.4, 0.5) is 4.39 Å². The maximum Gasteiger partial charge on any atom is 0.253 e. The van der Waals surface area contributed by atoms with Crippen LogP contribution in [0.5, 0.6) is 5.75 Å². The number of rotatable bonds is 5. The predicted octanol–water partition coefficient (Wildman–Crippen LogP) is 3.81. The van der Waals surface area contributed by atoms with Gasteiger partial charge in [0, 0.05) is 19.2 Å². The fourth-order valence-electron chi connectivity index (χ4n) is 2.26. The minimum absolute atomic E-state index is 0.0736. The summed E-state index contributed by atoms with van der Waals surface area (Å²) in [6, 6.07) is 11.6. The average molecular weight is 301 g/mol. The molecule has 116 valence electrons. The highest BCUT2D eigenvalue weighted by Crippen LogP contribution is 2.20. The van der Waals surface area contributed by atoms with Gasteiger partial charge in [0.15, 0.2) is 0 Å². The van der Waals surface area contributed by atoms with Crippen LogP contribution in [0.15, 0.2) is 42.5 Å². The first-order valence-electron chi connectivity index (χ1n) is 7.24. The van der Waals surface area contributed by atoms with Crippen molar-refractivity contribution in [2.75, 3.05) is 13.7 Å². The van der Waals surface area contributed by atoms with Crippen LogP contribution >= 0.6 is 0 Å². The van der Waals surface area contributed by atoms with Crippen molar-refractivity contribution < 1.29 is 13.9 Å². The van der Waals surface area contributed by atoms with Gasteiger partial charge in [-0.15, -0.1) is 0 Å². The molecule has 0 aliphatic rings. The number of nitrogens with zero attached hydrogens (tertiary/aromatic N) is 1. The van der Waals surface area contributed by atoms with Crippen molar-refractivity contribution in [3.8, 4) is 5.75 Å². The van der Waals surface area contributed by atoms with E-state index in [2.05, 4.69) is 0 Å². The Hall–Kier alpha value is -2.36. The minimum atomic E-state index is -0.278. The number of amides is 1. The molecule has 22 heavy (non-hydrogen) atoms. The van der Waals surface area contributed by atoms with Gasteiger partial charge in [-0.2, -0.15) is 0 Å². The summed E-state index contributed by atoms with van der Waals surface area (Å²) in [4.78, 5) is 14.1. The molecule has 1 amide bonds. The van der Waals surface area contributed by atoms with E-state index in [1.165, 1.54) is 12.1 Å². The highest BCUT2D eigenvalue weighted by Gasteiger charge is 2.13. The Labute approximate surface area is 130 Å². The third kappa shape index (κ3) is 3.85. The Morgan fingerprint density at radius 1 is 1.18 bits per heavy atom. The zero-order valence-electron chi connectivity index (χ0n) is 13.1. The molecule has 0 radical (unpaired) electrons. The van der Waals surface area contributed by atoms with Gasteiger partial charge in [0.2, 0.25) is 0 Å². The molecule has 0 fully saturated rings. The molecule has 0 saturated carbocycles. The SMILES string of the molecule is CCOc1ccc(C(=O)N(C)Cc2ccc(F)cc2)cc1C. The van der Waals surface area contributed by atoms with Crippen molar-refractivity contribution in [3.63, 3.8) is 0 Å². The lowest BCUT2D eigenvalue weighted by atomic mass is 10.1. The number of ether oxygens (including phenoxy) is 1. The number of carbonyl (C=O) groups excluding carboxylic acids is 1. The summed E-state index contributed by atoms with van der Waals surface area (Å²) in [5.74, 6) is 0.440. The molecule has 2 aromatic rings. The van der Waals surface area contributed by atoms with Crippen LogP contribution in [0.2, 0.25) is 0 Å². The Morgan fingerprint density at radius 2 is 1.86 bits per heavy atom. The van der Waals surface area contributed by atoms with Crippen molar-refractivity contribution in [1.29, 1.82) is 0 Å². The van der Waals surface area contributed by atoms with E-state index in [0.29, 0.717) is 18.7 Å². The van der Waals surface area contributed by atoms with Gasteiger partial charge in [-0.3, -0.25) is 4.79 Å². The molecule has 0 unspecified atom stereocenters. The lowest BCUT2D eigenvalue weighted by Gasteiger charge is -2.18. The molecule has 0 aliphatic heterocycles. The van der Waals surface area contributed by atoms with Crippen LogP contribution in [0.3, 0.4) is 0 Å². The summed E-state index contributed by atoms with van der Waals surface area (Å²) in [5.41, 5.74) is 2.44. The molecule has 0 aliphatic carbocycles. The molecule has 0 heterocycles. The van der Waals surface area contributed by atoms with Crippen molar-refractivity contribution in [1.82, 2.24) is 4.90 Å². The second kappa shape index (κ2) is 7.07. The van der Waals surface area contributed by atoms with Crippen LogP contribution in [0.25, 0.3) is 0 Å². The lowest BCUT2D eigenvalue weighted by molar-refractivity contribution is 0.0785. The van der Waals surface area contributed by atoms with Gasteiger partial charge in [0.25, 0.3) is 5.91 Å². The third-order valence-electron chi connectivity index (χ3n) is 3.40. The Kier molecular flexibility index (Phi) is 5.15. The first-order chi connectivity index (χ1) is 10.5. The molecule has 2 rings (SSSR count). The second-order valence-electron chi connectivity index (χ2n) is 5.20. The summed E-state index contributed by atoms with van der Waals surface area (Å²) < 4.78 is 18.4. The van der Waals surface area contributed by atoms with Crippen LogP contribution in [-0.2, 0) is 6.54 Å². The molecule has 2 aromatic carbocycles. The van der Waals surface area contributed by atoms with Gasteiger partial charge in [0.1, 0.15) is 11.6 Å². The molecule has 3 nitrogen and oxygen atoms in total. The zero-order valence-corrected chi connectivity index (χ0v) is 13.1. The second-order valence-corrected chi connectivity index (χ2v) is 5.20.